The van der Waals surface area contributed by atoms with Crippen LogP contribution >= 0.6 is 71.9 Å². The van der Waals surface area contributed by atoms with E-state index in [4.69, 9.17) is 18.1 Å². The Morgan fingerprint density at radius 2 is 0.594 bits per heavy atom. The summed E-state index contributed by atoms with van der Waals surface area (Å²) in [5.74, 6) is 0. The molecule has 0 unspecified atom stereocenters. The molecule has 69 heavy (non-hydrogen) atoms. The van der Waals surface area contributed by atoms with Gasteiger partial charge in [-0.25, -0.2) is 0 Å². The van der Waals surface area contributed by atoms with Crippen LogP contribution in [-0.4, -0.2) is 26.4 Å². The van der Waals surface area contributed by atoms with Crippen molar-refractivity contribution >= 4 is 126 Å². The van der Waals surface area contributed by atoms with Crippen molar-refractivity contribution < 1.29 is 27.2 Å². The van der Waals surface area contributed by atoms with E-state index in [1.807, 2.05) is 0 Å². The van der Waals surface area contributed by atoms with E-state index >= 15 is 9.13 Å². The zero-order valence-electron chi connectivity index (χ0n) is 38.2. The Morgan fingerprint density at radius 1 is 0.333 bits per heavy atom. The molecule has 13 heteroatoms. The van der Waals surface area contributed by atoms with Crippen LogP contribution in [0.3, 0.4) is 0 Å². The van der Waals surface area contributed by atoms with Gasteiger partial charge in [0.2, 0.25) is 0 Å². The molecule has 0 atom stereocenters. The van der Waals surface area contributed by atoms with Gasteiger partial charge < -0.3 is 18.1 Å². The molecule has 6 nitrogen and oxygen atoms in total. The summed E-state index contributed by atoms with van der Waals surface area (Å²) in [7, 11) is -8.26. The summed E-state index contributed by atoms with van der Waals surface area (Å²) in [6, 6.07) is 56.0. The largest absolute Gasteiger partial charge is 0.363 e. The fraction of sp³-hybridized carbons (Fsp3) is 0.143. The van der Waals surface area contributed by atoms with Gasteiger partial charge in [-0.1, -0.05) is 97.1 Å². The highest BCUT2D eigenvalue weighted by molar-refractivity contribution is 7.71. The molecule has 0 saturated heterocycles. The Balaban J connectivity index is 1.05. The fourth-order valence-corrected chi connectivity index (χ4v) is 20.4. The molecular weight excluding hydrogens is 991 g/mol. The van der Waals surface area contributed by atoms with Crippen molar-refractivity contribution in [1.82, 2.24) is 0 Å². The summed E-state index contributed by atoms with van der Waals surface area (Å²) >= 11 is 8.15. The summed E-state index contributed by atoms with van der Waals surface area (Å²) in [5, 5.41) is 10.2. The van der Waals surface area contributed by atoms with Gasteiger partial charge in [0.1, 0.15) is 0 Å². The topological polar surface area (TPSA) is 71.1 Å². The molecule has 0 fully saturated rings. The first-order valence-electron chi connectivity index (χ1n) is 22.9. The number of fused-ring (bicyclic) bond motifs is 4. The summed E-state index contributed by atoms with van der Waals surface area (Å²) in [4.78, 5) is 9.71. The first-order valence-corrected chi connectivity index (χ1v) is 30.1. The highest BCUT2D eigenvalue weighted by atomic mass is 32.1. The van der Waals surface area contributed by atoms with Crippen molar-refractivity contribution in [3.05, 3.63) is 158 Å². The zero-order valence-corrected chi connectivity index (χ0v) is 44.1. The molecule has 0 aliphatic heterocycles. The third-order valence-corrected chi connectivity index (χ3v) is 23.2. The minimum atomic E-state index is -4.13. The van der Waals surface area contributed by atoms with E-state index in [9.17, 15) is 0 Å². The monoisotopic (exact) mass is 1040 g/mol. The minimum absolute atomic E-state index is 0.112. The lowest BCUT2D eigenvalue weighted by molar-refractivity contribution is 0.226. The van der Waals surface area contributed by atoms with Crippen LogP contribution in [0.1, 0.15) is 27.7 Å². The third kappa shape index (κ3) is 8.45. The van der Waals surface area contributed by atoms with E-state index in [1.54, 1.807) is 73.0 Å². The fourth-order valence-electron chi connectivity index (χ4n) is 9.22. The molecule has 5 heterocycles. The Kier molecular flexibility index (Phi) is 13.1. The quantitative estimate of drug-likeness (QED) is 0.0709. The maximum absolute atomic E-state index is 15.5. The van der Waals surface area contributed by atoms with Gasteiger partial charge in [0.25, 0.3) is 0 Å². The van der Waals surface area contributed by atoms with Crippen molar-refractivity contribution in [3.8, 4) is 59.9 Å². The van der Waals surface area contributed by atoms with Crippen molar-refractivity contribution in [2.45, 2.75) is 27.7 Å². The molecule has 0 saturated carbocycles. The molecule has 0 radical (unpaired) electrons. The summed E-state index contributed by atoms with van der Waals surface area (Å²) in [6.45, 7) is 7.62. The van der Waals surface area contributed by atoms with Gasteiger partial charge >= 0.3 is 15.2 Å². The molecular formula is C56H46O6P2S5. The molecule has 0 N–H and O–H groups in total. The Labute approximate surface area is 421 Å². The normalized spacial score (nSPS) is 12.3. The van der Waals surface area contributed by atoms with Gasteiger partial charge in [0, 0.05) is 50.1 Å². The maximum Gasteiger partial charge on any atom is 0.363 e. The van der Waals surface area contributed by atoms with Crippen LogP contribution in [0.15, 0.2) is 158 Å². The lowest BCUT2D eigenvalue weighted by Crippen LogP contribution is -2.28. The van der Waals surface area contributed by atoms with E-state index < -0.39 is 15.2 Å². The van der Waals surface area contributed by atoms with Crippen LogP contribution in [-0.2, 0) is 27.2 Å². The molecule has 0 spiro atoms. The number of thiophene rings is 5. The van der Waals surface area contributed by atoms with E-state index in [1.165, 1.54) is 75.3 Å². The Bertz CT molecular complexity index is 3430. The average molecular weight is 1040 g/mol. The highest BCUT2D eigenvalue weighted by Gasteiger charge is 2.46. The van der Waals surface area contributed by atoms with Crippen LogP contribution in [0.25, 0.3) is 103 Å². The molecule has 0 aliphatic carbocycles. The number of hydrogen-bond donors (Lipinski definition) is 0. The lowest BCUT2D eigenvalue weighted by Gasteiger charge is -2.23. The predicted molar refractivity (Wildman–Crippen MR) is 299 cm³/mol. The second-order valence-corrected chi connectivity index (χ2v) is 25.4. The minimum Gasteiger partial charge on any atom is -0.305 e. The molecule has 346 valence electrons. The first kappa shape index (κ1) is 46.5. The van der Waals surface area contributed by atoms with Crippen LogP contribution in [0, 0.1) is 0 Å². The van der Waals surface area contributed by atoms with Crippen molar-refractivity contribution in [1.29, 1.82) is 0 Å². The van der Waals surface area contributed by atoms with E-state index in [2.05, 4.69) is 158 Å². The SMILES string of the molecule is CCOP(=O)(OCC)c1c(-c2ccc(-c3ccc(-c4c5ccccc5cc5ccccc45)s3)s2)sc(-c2ccc(-c3ccc(-c4c5ccccc5cc5ccccc45)s3)s2)c1P(=O)(OCC)OCC. The predicted octanol–water partition coefficient (Wildman–Crippen LogP) is 18.4. The summed E-state index contributed by atoms with van der Waals surface area (Å²) in [5.41, 5.74) is 2.44. The standard InChI is InChI=1S/C56H46O6P2S5/c1-5-59-63(57,60-6-2)53-54(64(58,61-7-3)62-8-4)56(50-32-28-46(68-50)44-26-30-48(66-44)52-41-23-15-11-19-37(41)34-38-20-12-16-24-42(38)52)69-55(53)49-31-27-45(67-49)43-25-29-47(65-43)51-39-21-13-9-17-35(39)33-36-18-10-14-22-40(36)51/h9-34H,5-8H2,1-4H3. The van der Waals surface area contributed by atoms with Gasteiger partial charge in [-0.15, -0.1) is 56.7 Å². The van der Waals surface area contributed by atoms with Crippen molar-refractivity contribution in [3.63, 3.8) is 0 Å². The Morgan fingerprint density at radius 3 is 0.899 bits per heavy atom. The van der Waals surface area contributed by atoms with Crippen molar-refractivity contribution in [2.75, 3.05) is 26.4 Å². The summed E-state index contributed by atoms with van der Waals surface area (Å²) in [6.07, 6.45) is 0. The van der Waals surface area contributed by atoms with Gasteiger partial charge in [-0.3, -0.25) is 9.13 Å². The molecule has 0 aliphatic rings. The van der Waals surface area contributed by atoms with E-state index in [-0.39, 0.29) is 37.0 Å². The second-order valence-electron chi connectivity index (χ2n) is 16.2. The number of hydrogen-bond acceptors (Lipinski definition) is 11. The van der Waals surface area contributed by atoms with Crippen LogP contribution < -0.4 is 10.6 Å². The number of rotatable bonds is 16. The van der Waals surface area contributed by atoms with Gasteiger partial charge in [0.05, 0.1) is 46.8 Å². The molecule has 5 aromatic heterocycles. The molecule has 11 rings (SSSR count). The maximum atomic E-state index is 15.5. The molecule has 11 aromatic rings. The van der Waals surface area contributed by atoms with Crippen LogP contribution in [0.2, 0.25) is 0 Å². The molecule has 6 aromatic carbocycles. The lowest BCUT2D eigenvalue weighted by atomic mass is 9.96. The highest BCUT2D eigenvalue weighted by Crippen LogP contribution is 2.60. The third-order valence-electron chi connectivity index (χ3n) is 12.0. The van der Waals surface area contributed by atoms with Crippen LogP contribution in [0.4, 0.5) is 0 Å². The summed E-state index contributed by atoms with van der Waals surface area (Å²) < 4.78 is 55.6. The van der Waals surface area contributed by atoms with Crippen LogP contribution in [0.5, 0.6) is 0 Å². The molecule has 0 bridgehead atoms. The van der Waals surface area contributed by atoms with Gasteiger partial charge in [-0.2, -0.15) is 0 Å². The number of benzene rings is 6. The van der Waals surface area contributed by atoms with Gasteiger partial charge in [0.15, 0.2) is 0 Å². The van der Waals surface area contributed by atoms with Gasteiger partial charge in [-0.05, 0) is 131 Å². The van der Waals surface area contributed by atoms with E-state index in [0.29, 0.717) is 9.75 Å². The average Bonchev–Trinajstić information content (AvgIpc) is 4.23. The Hall–Kier alpha value is -4.84. The van der Waals surface area contributed by atoms with E-state index in [0.717, 1.165) is 29.3 Å². The second kappa shape index (κ2) is 19.4. The first-order chi connectivity index (χ1) is 33.7. The smallest absolute Gasteiger partial charge is 0.305 e. The van der Waals surface area contributed by atoms with Crippen molar-refractivity contribution in [2.24, 2.45) is 0 Å². The molecule has 0 amide bonds. The zero-order chi connectivity index (χ0) is 47.3.